The van der Waals surface area contributed by atoms with E-state index >= 15 is 0 Å². The molecule has 1 saturated carbocycles. The fraction of sp³-hybridized carbons (Fsp3) is 0.857. The van der Waals surface area contributed by atoms with E-state index in [-0.39, 0.29) is 6.10 Å². The molecule has 0 radical (unpaired) electrons. The Morgan fingerprint density at radius 2 is 2.16 bits per heavy atom. The van der Waals surface area contributed by atoms with Crippen molar-refractivity contribution in [2.45, 2.75) is 58.7 Å². The van der Waals surface area contributed by atoms with Gasteiger partial charge >= 0.3 is 0 Å². The van der Waals surface area contributed by atoms with Gasteiger partial charge in [-0.05, 0) is 38.0 Å². The Bertz CT molecular complexity index is 388. The molecule has 1 aliphatic carbocycles. The van der Waals surface area contributed by atoms with Crippen molar-refractivity contribution >= 4 is 0 Å². The van der Waals surface area contributed by atoms with Crippen LogP contribution >= 0.6 is 0 Å². The van der Waals surface area contributed by atoms with Crippen LogP contribution in [0.3, 0.4) is 0 Å². The second kappa shape index (κ2) is 6.48. The van der Waals surface area contributed by atoms with E-state index in [4.69, 9.17) is 9.26 Å². The van der Waals surface area contributed by atoms with Crippen molar-refractivity contribution in [2.24, 2.45) is 11.8 Å². The molecule has 0 aromatic carbocycles. The minimum atomic E-state index is -0.417. The SMILES string of the molecule is CCOC(c1noc(CC(O)CC(C)C)n1)C1CC1. The highest BCUT2D eigenvalue weighted by Gasteiger charge is 2.36. The van der Waals surface area contributed by atoms with Crippen molar-refractivity contribution in [3.05, 3.63) is 11.7 Å². The average molecular weight is 268 g/mol. The molecule has 0 saturated heterocycles. The van der Waals surface area contributed by atoms with E-state index in [1.165, 1.54) is 12.8 Å². The lowest BCUT2D eigenvalue weighted by Crippen LogP contribution is -2.14. The summed E-state index contributed by atoms with van der Waals surface area (Å²) in [6.45, 7) is 6.80. The maximum absolute atomic E-state index is 9.89. The van der Waals surface area contributed by atoms with E-state index in [0.717, 1.165) is 6.42 Å². The lowest BCUT2D eigenvalue weighted by atomic mass is 10.0. The summed E-state index contributed by atoms with van der Waals surface area (Å²) in [6, 6.07) is 0. The van der Waals surface area contributed by atoms with Gasteiger partial charge in [0.2, 0.25) is 11.7 Å². The highest BCUT2D eigenvalue weighted by Crippen LogP contribution is 2.42. The lowest BCUT2D eigenvalue weighted by Gasteiger charge is -2.11. The number of rotatable bonds is 8. The molecule has 0 spiro atoms. The van der Waals surface area contributed by atoms with Crippen LogP contribution in [0.15, 0.2) is 4.52 Å². The standard InChI is InChI=1S/C14H24N2O3/c1-4-18-13(10-5-6-10)14-15-12(19-16-14)8-11(17)7-9(2)3/h9-11,13,17H,4-8H2,1-3H3. The minimum Gasteiger partial charge on any atom is -0.393 e. The molecule has 2 atom stereocenters. The van der Waals surface area contributed by atoms with Gasteiger partial charge in [-0.15, -0.1) is 0 Å². The molecule has 1 heterocycles. The summed E-state index contributed by atoms with van der Waals surface area (Å²) in [4.78, 5) is 4.37. The molecule has 5 nitrogen and oxygen atoms in total. The molecular weight excluding hydrogens is 244 g/mol. The van der Waals surface area contributed by atoms with Crippen LogP contribution in [0, 0.1) is 11.8 Å². The first-order valence-corrected chi connectivity index (χ1v) is 7.22. The molecule has 1 fully saturated rings. The zero-order valence-electron chi connectivity index (χ0n) is 12.0. The van der Waals surface area contributed by atoms with E-state index in [2.05, 4.69) is 24.0 Å². The van der Waals surface area contributed by atoms with Gasteiger partial charge in [0.05, 0.1) is 12.5 Å². The van der Waals surface area contributed by atoms with Crippen molar-refractivity contribution in [3.63, 3.8) is 0 Å². The Morgan fingerprint density at radius 1 is 1.42 bits per heavy atom. The zero-order valence-corrected chi connectivity index (χ0v) is 12.0. The van der Waals surface area contributed by atoms with E-state index in [1.54, 1.807) is 0 Å². The van der Waals surface area contributed by atoms with Gasteiger partial charge in [0, 0.05) is 6.61 Å². The van der Waals surface area contributed by atoms with Gasteiger partial charge in [-0.2, -0.15) is 4.98 Å². The fourth-order valence-corrected chi connectivity index (χ4v) is 2.30. The summed E-state index contributed by atoms with van der Waals surface area (Å²) in [5, 5.41) is 13.9. The number of nitrogens with zero attached hydrogens (tertiary/aromatic N) is 2. The molecule has 0 bridgehead atoms. The summed E-state index contributed by atoms with van der Waals surface area (Å²) in [7, 11) is 0. The normalized spacial score (nSPS) is 18.8. The van der Waals surface area contributed by atoms with Crippen molar-refractivity contribution in [3.8, 4) is 0 Å². The van der Waals surface area contributed by atoms with Gasteiger partial charge in [-0.25, -0.2) is 0 Å². The molecule has 108 valence electrons. The second-order valence-electron chi connectivity index (χ2n) is 5.75. The van der Waals surface area contributed by atoms with Gasteiger partial charge in [0.15, 0.2) is 0 Å². The van der Waals surface area contributed by atoms with E-state index < -0.39 is 6.10 Å². The van der Waals surface area contributed by atoms with Crippen LogP contribution < -0.4 is 0 Å². The Hall–Kier alpha value is -0.940. The van der Waals surface area contributed by atoms with Crippen LogP contribution in [0.5, 0.6) is 0 Å². The Kier molecular flexibility index (Phi) is 4.93. The van der Waals surface area contributed by atoms with Gasteiger partial charge in [-0.3, -0.25) is 0 Å². The van der Waals surface area contributed by atoms with Crippen molar-refractivity contribution in [1.29, 1.82) is 0 Å². The van der Waals surface area contributed by atoms with Crippen molar-refractivity contribution in [2.75, 3.05) is 6.61 Å². The van der Waals surface area contributed by atoms with Gasteiger partial charge in [0.1, 0.15) is 6.10 Å². The summed E-state index contributed by atoms with van der Waals surface area (Å²) in [5.41, 5.74) is 0. The molecule has 1 aromatic rings. The summed E-state index contributed by atoms with van der Waals surface area (Å²) in [5.74, 6) is 2.13. The van der Waals surface area contributed by atoms with E-state index in [0.29, 0.717) is 36.6 Å². The number of hydrogen-bond donors (Lipinski definition) is 1. The Morgan fingerprint density at radius 3 is 2.74 bits per heavy atom. The molecule has 1 aromatic heterocycles. The summed E-state index contributed by atoms with van der Waals surface area (Å²) in [6.07, 6.45) is 3.06. The van der Waals surface area contributed by atoms with Crippen LogP contribution in [0.1, 0.15) is 57.9 Å². The predicted octanol–water partition coefficient (Wildman–Crippen LogP) is 2.51. The molecular formula is C14H24N2O3. The minimum absolute atomic E-state index is 0.0373. The quantitative estimate of drug-likeness (QED) is 0.784. The molecule has 19 heavy (non-hydrogen) atoms. The highest BCUT2D eigenvalue weighted by atomic mass is 16.5. The van der Waals surface area contributed by atoms with Crippen molar-refractivity contribution < 1.29 is 14.4 Å². The molecule has 2 rings (SSSR count). The topological polar surface area (TPSA) is 68.4 Å². The van der Waals surface area contributed by atoms with Crippen LogP contribution in [-0.2, 0) is 11.2 Å². The third-order valence-corrected chi connectivity index (χ3v) is 3.29. The van der Waals surface area contributed by atoms with Gasteiger partial charge < -0.3 is 14.4 Å². The fourth-order valence-electron chi connectivity index (χ4n) is 2.30. The zero-order chi connectivity index (χ0) is 13.8. The van der Waals surface area contributed by atoms with Gasteiger partial charge in [0.25, 0.3) is 0 Å². The number of hydrogen-bond acceptors (Lipinski definition) is 5. The Labute approximate surface area is 114 Å². The third-order valence-electron chi connectivity index (χ3n) is 3.29. The van der Waals surface area contributed by atoms with Crippen LogP contribution in [-0.4, -0.2) is 28.0 Å². The first kappa shape index (κ1) is 14.5. The number of aliphatic hydroxyl groups excluding tert-OH is 1. The van der Waals surface area contributed by atoms with E-state index in [9.17, 15) is 5.11 Å². The third kappa shape index (κ3) is 4.28. The Balaban J connectivity index is 1.93. The molecule has 0 aliphatic heterocycles. The van der Waals surface area contributed by atoms with E-state index in [1.807, 2.05) is 6.92 Å². The lowest BCUT2D eigenvalue weighted by molar-refractivity contribution is 0.0384. The van der Waals surface area contributed by atoms with Crippen molar-refractivity contribution in [1.82, 2.24) is 10.1 Å². The maximum Gasteiger partial charge on any atom is 0.229 e. The first-order valence-electron chi connectivity index (χ1n) is 7.22. The van der Waals surface area contributed by atoms with Crippen LogP contribution in [0.2, 0.25) is 0 Å². The highest BCUT2D eigenvalue weighted by molar-refractivity contribution is 4.99. The number of aromatic nitrogens is 2. The van der Waals surface area contributed by atoms with Gasteiger partial charge in [-0.1, -0.05) is 19.0 Å². The smallest absolute Gasteiger partial charge is 0.229 e. The summed E-state index contributed by atoms with van der Waals surface area (Å²) >= 11 is 0. The predicted molar refractivity (Wildman–Crippen MR) is 70.6 cm³/mol. The first-order chi connectivity index (χ1) is 9.10. The van der Waals surface area contributed by atoms with Crippen LogP contribution in [0.4, 0.5) is 0 Å². The molecule has 0 amide bonds. The molecule has 2 unspecified atom stereocenters. The average Bonchev–Trinajstić information content (AvgIpc) is 3.06. The monoisotopic (exact) mass is 268 g/mol. The number of ether oxygens (including phenoxy) is 1. The second-order valence-corrected chi connectivity index (χ2v) is 5.75. The largest absolute Gasteiger partial charge is 0.393 e. The van der Waals surface area contributed by atoms with Crippen LogP contribution in [0.25, 0.3) is 0 Å². The summed E-state index contributed by atoms with van der Waals surface area (Å²) < 4.78 is 10.9. The maximum atomic E-state index is 9.89. The number of aliphatic hydroxyl groups is 1. The molecule has 1 aliphatic rings. The molecule has 1 N–H and O–H groups in total. The molecule has 5 heteroatoms.